The van der Waals surface area contributed by atoms with Crippen molar-refractivity contribution in [1.82, 2.24) is 19.9 Å². The Labute approximate surface area is 150 Å². The van der Waals surface area contributed by atoms with Crippen LogP contribution >= 0.6 is 11.6 Å². The van der Waals surface area contributed by atoms with E-state index in [0.717, 1.165) is 19.5 Å². The fourth-order valence-electron chi connectivity index (χ4n) is 2.76. The van der Waals surface area contributed by atoms with Crippen LogP contribution in [0.3, 0.4) is 0 Å². The minimum Gasteiger partial charge on any atom is -0.340 e. The van der Waals surface area contributed by atoms with Gasteiger partial charge in [-0.1, -0.05) is 5.16 Å². The number of benzene rings is 1. The molecule has 1 amide bonds. The van der Waals surface area contributed by atoms with Crippen molar-refractivity contribution in [2.75, 3.05) is 32.1 Å². The first kappa shape index (κ1) is 17.8. The number of hydrogen-bond donors (Lipinski definition) is 0. The summed E-state index contributed by atoms with van der Waals surface area (Å²) in [4.78, 5) is 20.4. The van der Waals surface area contributed by atoms with Crippen molar-refractivity contribution < 1.29 is 13.7 Å². The van der Waals surface area contributed by atoms with E-state index in [1.54, 1.807) is 12.1 Å². The van der Waals surface area contributed by atoms with Crippen LogP contribution in [0, 0.1) is 5.82 Å². The Morgan fingerprint density at radius 1 is 1.20 bits per heavy atom. The highest BCUT2D eigenvalue weighted by atomic mass is 35.5. The molecule has 1 aliphatic rings. The number of piperazine rings is 1. The Kier molecular flexibility index (Phi) is 5.99. The first-order valence-electron chi connectivity index (χ1n) is 8.30. The van der Waals surface area contributed by atoms with Gasteiger partial charge in [-0.25, -0.2) is 4.39 Å². The third kappa shape index (κ3) is 4.76. The quantitative estimate of drug-likeness (QED) is 0.735. The van der Waals surface area contributed by atoms with Crippen LogP contribution in [0.2, 0.25) is 0 Å². The second kappa shape index (κ2) is 8.40. The third-order valence-corrected chi connectivity index (χ3v) is 4.44. The van der Waals surface area contributed by atoms with Crippen LogP contribution in [-0.4, -0.2) is 57.9 Å². The number of alkyl halides is 1. The van der Waals surface area contributed by atoms with Crippen molar-refractivity contribution in [2.45, 2.75) is 19.4 Å². The number of aromatic nitrogens is 2. The summed E-state index contributed by atoms with van der Waals surface area (Å²) in [6, 6.07) is 5.94. The summed E-state index contributed by atoms with van der Waals surface area (Å²) in [6.07, 6.45) is 1.23. The zero-order valence-corrected chi connectivity index (χ0v) is 14.6. The second-order valence-corrected chi connectivity index (χ2v) is 6.35. The predicted molar refractivity (Wildman–Crippen MR) is 91.5 cm³/mol. The molecule has 0 atom stereocenters. The first-order valence-corrected chi connectivity index (χ1v) is 8.84. The minimum atomic E-state index is -0.304. The summed E-state index contributed by atoms with van der Waals surface area (Å²) < 4.78 is 18.2. The molecule has 2 aromatic rings. The maximum Gasteiger partial charge on any atom is 0.257 e. The van der Waals surface area contributed by atoms with Crippen LogP contribution in [-0.2, 0) is 11.3 Å². The number of nitrogens with zero attached hydrogens (tertiary/aromatic N) is 4. The average molecular weight is 367 g/mol. The lowest BCUT2D eigenvalue weighted by Crippen LogP contribution is -2.48. The molecule has 134 valence electrons. The Morgan fingerprint density at radius 3 is 2.60 bits per heavy atom. The molecule has 0 unspecified atom stereocenters. The van der Waals surface area contributed by atoms with Crippen molar-refractivity contribution in [3.8, 4) is 11.5 Å². The predicted octanol–water partition coefficient (Wildman–Crippen LogP) is 2.54. The largest absolute Gasteiger partial charge is 0.340 e. The van der Waals surface area contributed by atoms with Crippen molar-refractivity contribution in [3.05, 3.63) is 35.9 Å². The summed E-state index contributed by atoms with van der Waals surface area (Å²) >= 11 is 5.63. The number of rotatable bonds is 6. The number of amides is 1. The lowest BCUT2D eigenvalue weighted by Gasteiger charge is -2.34. The van der Waals surface area contributed by atoms with E-state index in [4.69, 9.17) is 16.1 Å². The van der Waals surface area contributed by atoms with Gasteiger partial charge in [-0.2, -0.15) is 4.98 Å². The van der Waals surface area contributed by atoms with Gasteiger partial charge in [0.1, 0.15) is 5.82 Å². The van der Waals surface area contributed by atoms with Crippen molar-refractivity contribution in [2.24, 2.45) is 0 Å². The van der Waals surface area contributed by atoms with Gasteiger partial charge in [-0.3, -0.25) is 9.69 Å². The van der Waals surface area contributed by atoms with Crippen LogP contribution < -0.4 is 0 Å². The zero-order chi connectivity index (χ0) is 17.6. The molecule has 3 rings (SSSR count). The van der Waals surface area contributed by atoms with Gasteiger partial charge in [0.05, 0.1) is 6.54 Å². The van der Waals surface area contributed by atoms with Crippen molar-refractivity contribution >= 4 is 17.5 Å². The molecule has 1 aromatic heterocycles. The normalized spacial score (nSPS) is 15.5. The molecule has 0 saturated carbocycles. The van der Waals surface area contributed by atoms with E-state index in [-0.39, 0.29) is 11.7 Å². The van der Waals surface area contributed by atoms with Crippen LogP contribution in [0.15, 0.2) is 28.8 Å². The topological polar surface area (TPSA) is 62.5 Å². The first-order chi connectivity index (χ1) is 12.2. The molecule has 2 heterocycles. The lowest BCUT2D eigenvalue weighted by molar-refractivity contribution is -0.133. The molecule has 1 aliphatic heterocycles. The Hall–Kier alpha value is -1.99. The molecule has 1 fully saturated rings. The number of carbonyl (C=O) groups is 1. The molecule has 6 nitrogen and oxygen atoms in total. The summed E-state index contributed by atoms with van der Waals surface area (Å²) in [5.74, 6) is 1.34. The van der Waals surface area contributed by atoms with Crippen LogP contribution in [0.1, 0.15) is 18.7 Å². The van der Waals surface area contributed by atoms with Gasteiger partial charge in [-0.15, -0.1) is 11.6 Å². The average Bonchev–Trinajstić information content (AvgIpc) is 3.09. The van der Waals surface area contributed by atoms with Crippen molar-refractivity contribution in [1.29, 1.82) is 0 Å². The fourth-order valence-corrected chi connectivity index (χ4v) is 2.89. The summed E-state index contributed by atoms with van der Waals surface area (Å²) in [6.45, 7) is 3.50. The smallest absolute Gasteiger partial charge is 0.257 e. The van der Waals surface area contributed by atoms with Crippen molar-refractivity contribution in [3.63, 3.8) is 0 Å². The van der Waals surface area contributed by atoms with E-state index in [9.17, 15) is 9.18 Å². The number of hydrogen-bond acceptors (Lipinski definition) is 5. The van der Waals surface area contributed by atoms with Gasteiger partial charge in [0, 0.05) is 44.0 Å². The van der Waals surface area contributed by atoms with E-state index >= 15 is 0 Å². The maximum atomic E-state index is 13.0. The second-order valence-electron chi connectivity index (χ2n) is 5.97. The van der Waals surface area contributed by atoms with E-state index in [1.165, 1.54) is 12.1 Å². The molecule has 8 heteroatoms. The van der Waals surface area contributed by atoms with Gasteiger partial charge < -0.3 is 9.42 Å². The van der Waals surface area contributed by atoms with Crippen LogP contribution in [0.4, 0.5) is 4.39 Å². The lowest BCUT2D eigenvalue weighted by atomic mass is 10.2. The summed E-state index contributed by atoms with van der Waals surface area (Å²) in [7, 11) is 0. The summed E-state index contributed by atoms with van der Waals surface area (Å²) in [5, 5.41) is 3.99. The molecule has 0 bridgehead atoms. The van der Waals surface area contributed by atoms with Gasteiger partial charge in [0.25, 0.3) is 5.89 Å². The zero-order valence-electron chi connectivity index (χ0n) is 13.8. The molecule has 1 saturated heterocycles. The number of carbonyl (C=O) groups excluding carboxylic acids is 1. The SMILES string of the molecule is O=C(CCCCl)N1CCN(Cc2noc(-c3ccc(F)cc3)n2)CC1. The van der Waals surface area contributed by atoms with Crippen LogP contribution in [0.5, 0.6) is 0 Å². The molecule has 0 radical (unpaired) electrons. The van der Waals surface area contributed by atoms with Gasteiger partial charge in [-0.05, 0) is 30.7 Å². The molecule has 25 heavy (non-hydrogen) atoms. The molecular formula is C17H20ClFN4O2. The molecular weight excluding hydrogens is 347 g/mol. The van der Waals surface area contributed by atoms with E-state index < -0.39 is 0 Å². The van der Waals surface area contributed by atoms with E-state index in [2.05, 4.69) is 15.0 Å². The molecule has 1 aromatic carbocycles. The highest BCUT2D eigenvalue weighted by Crippen LogP contribution is 2.18. The highest BCUT2D eigenvalue weighted by molar-refractivity contribution is 6.17. The summed E-state index contributed by atoms with van der Waals surface area (Å²) in [5.41, 5.74) is 0.690. The Balaban J connectivity index is 1.51. The molecule has 0 aliphatic carbocycles. The van der Waals surface area contributed by atoms with E-state index in [1.807, 2.05) is 4.90 Å². The van der Waals surface area contributed by atoms with Crippen LogP contribution in [0.25, 0.3) is 11.5 Å². The minimum absolute atomic E-state index is 0.165. The van der Waals surface area contributed by atoms with E-state index in [0.29, 0.717) is 49.2 Å². The van der Waals surface area contributed by atoms with Gasteiger partial charge in [0.2, 0.25) is 5.91 Å². The fraction of sp³-hybridized carbons (Fsp3) is 0.471. The molecule has 0 spiro atoms. The van der Waals surface area contributed by atoms with Gasteiger partial charge in [0.15, 0.2) is 5.82 Å². The third-order valence-electron chi connectivity index (χ3n) is 4.17. The monoisotopic (exact) mass is 366 g/mol. The standard InChI is InChI=1S/C17H20ClFN4O2/c18-7-1-2-16(24)23-10-8-22(9-11-23)12-15-20-17(25-21-15)13-3-5-14(19)6-4-13/h3-6H,1-2,7-12H2. The maximum absolute atomic E-state index is 13.0. The van der Waals surface area contributed by atoms with Gasteiger partial charge >= 0.3 is 0 Å². The Bertz CT molecular complexity index is 699. The highest BCUT2D eigenvalue weighted by Gasteiger charge is 2.22. The number of halogens is 2. The molecule has 0 N–H and O–H groups in total. The Morgan fingerprint density at radius 2 is 1.92 bits per heavy atom.